The topological polar surface area (TPSA) is 75.0 Å². The maximum absolute atomic E-state index is 13.2. The summed E-state index contributed by atoms with van der Waals surface area (Å²) in [5.41, 5.74) is 8.49. The number of rotatable bonds is 5. The van der Waals surface area contributed by atoms with E-state index in [0.717, 1.165) is 53.1 Å². The van der Waals surface area contributed by atoms with Crippen LogP contribution in [0.3, 0.4) is 0 Å². The molecule has 3 heterocycles. The molecule has 2 N–H and O–H groups in total. The van der Waals surface area contributed by atoms with Crippen LogP contribution in [0.25, 0.3) is 5.52 Å². The van der Waals surface area contributed by atoms with Gasteiger partial charge in [0, 0.05) is 43.0 Å². The van der Waals surface area contributed by atoms with Crippen LogP contribution < -0.4 is 10.6 Å². The largest absolute Gasteiger partial charge is 0.359 e. The van der Waals surface area contributed by atoms with Crippen LogP contribution in [0.15, 0.2) is 64.1 Å². The third-order valence-corrected chi connectivity index (χ3v) is 6.16. The van der Waals surface area contributed by atoms with Gasteiger partial charge in [-0.1, -0.05) is 12.1 Å². The predicted octanol–water partition coefficient (Wildman–Crippen LogP) is 3.56. The summed E-state index contributed by atoms with van der Waals surface area (Å²) >= 11 is 3.50. The molecule has 1 saturated heterocycles. The van der Waals surface area contributed by atoms with Crippen molar-refractivity contribution in [1.29, 1.82) is 0 Å². The molecule has 31 heavy (non-hydrogen) atoms. The first-order chi connectivity index (χ1) is 14.8. The van der Waals surface area contributed by atoms with Crippen molar-refractivity contribution in [1.82, 2.24) is 19.5 Å². The van der Waals surface area contributed by atoms with E-state index in [0.29, 0.717) is 0 Å². The number of hydrogen-bond acceptors (Lipinski definition) is 5. The van der Waals surface area contributed by atoms with Gasteiger partial charge in [0.05, 0.1) is 11.9 Å². The van der Waals surface area contributed by atoms with Crippen LogP contribution in [0.4, 0.5) is 10.2 Å². The molecule has 0 radical (unpaired) electrons. The molecule has 1 fully saturated rings. The molecule has 162 valence electrons. The molecule has 0 saturated carbocycles. The molecule has 2 aromatic heterocycles. The third kappa shape index (κ3) is 4.62. The summed E-state index contributed by atoms with van der Waals surface area (Å²) in [6, 6.07) is 8.30. The number of fused-ring (bicyclic) bond motifs is 1. The summed E-state index contributed by atoms with van der Waals surface area (Å²) in [5, 5.41) is 4.26. The molecule has 9 heteroatoms. The van der Waals surface area contributed by atoms with E-state index in [1.807, 2.05) is 37.0 Å². The third-order valence-electron chi connectivity index (χ3n) is 5.73. The van der Waals surface area contributed by atoms with E-state index in [1.165, 1.54) is 12.1 Å². The normalized spacial score (nSPS) is 17.5. The second kappa shape index (κ2) is 8.76. The number of aliphatic imine (C=N–C) groups is 1. The Balaban J connectivity index is 1.38. The first kappa shape index (κ1) is 21.5. The highest BCUT2D eigenvalue weighted by Gasteiger charge is 2.23. The molecule has 0 bridgehead atoms. The van der Waals surface area contributed by atoms with Crippen molar-refractivity contribution in [2.24, 2.45) is 10.7 Å². The number of nitrogens with two attached hydrogens (primary N) is 1. The minimum absolute atomic E-state index is 0.273. The Bertz CT molecular complexity index is 1110. The monoisotopic (exact) mass is 485 g/mol. The minimum Gasteiger partial charge on any atom is -0.359 e. The Labute approximate surface area is 189 Å². The van der Waals surface area contributed by atoms with Crippen LogP contribution in [-0.2, 0) is 5.54 Å². The van der Waals surface area contributed by atoms with Crippen LogP contribution in [0, 0.1) is 5.82 Å². The van der Waals surface area contributed by atoms with Gasteiger partial charge in [0.1, 0.15) is 17.7 Å². The van der Waals surface area contributed by atoms with E-state index in [2.05, 4.69) is 40.8 Å². The average Bonchev–Trinajstić information content (AvgIpc) is 3.14. The van der Waals surface area contributed by atoms with Crippen molar-refractivity contribution < 1.29 is 4.39 Å². The summed E-state index contributed by atoms with van der Waals surface area (Å²) in [5.74, 6) is 0.664. The van der Waals surface area contributed by atoms with Gasteiger partial charge in [-0.2, -0.15) is 5.10 Å². The molecule has 0 aliphatic carbocycles. The standard InChI is InChI=1S/C22H25BrFN7/c1-16(22(2,25)17-3-5-19(24)6-4-17)12-26-15-29-7-9-30(10-8-29)21-20-11-18(23)13-31(20)28-14-27-21/h3-6,11-15H,7-10,25H2,1-2H3/b16-12+,26-15?/t22-/m1/s1. The van der Waals surface area contributed by atoms with Crippen molar-refractivity contribution in [3.63, 3.8) is 0 Å². The molecule has 1 atom stereocenters. The van der Waals surface area contributed by atoms with Crippen LogP contribution in [0.2, 0.25) is 0 Å². The zero-order valence-electron chi connectivity index (χ0n) is 17.5. The van der Waals surface area contributed by atoms with Gasteiger partial charge < -0.3 is 15.5 Å². The molecule has 0 amide bonds. The van der Waals surface area contributed by atoms with Crippen molar-refractivity contribution in [3.8, 4) is 0 Å². The quantitative estimate of drug-likeness (QED) is 0.441. The number of piperazine rings is 1. The van der Waals surface area contributed by atoms with Crippen LogP contribution >= 0.6 is 15.9 Å². The molecule has 0 unspecified atom stereocenters. The zero-order chi connectivity index (χ0) is 22.0. The minimum atomic E-state index is -0.715. The van der Waals surface area contributed by atoms with Gasteiger partial charge >= 0.3 is 0 Å². The Hall–Kier alpha value is -2.78. The van der Waals surface area contributed by atoms with Gasteiger partial charge in [0.2, 0.25) is 0 Å². The summed E-state index contributed by atoms with van der Waals surface area (Å²) in [6.07, 6.45) is 7.14. The predicted molar refractivity (Wildman–Crippen MR) is 125 cm³/mol. The van der Waals surface area contributed by atoms with Gasteiger partial charge in [-0.3, -0.25) is 0 Å². The molecule has 7 nitrogen and oxygen atoms in total. The van der Waals surface area contributed by atoms with E-state index in [9.17, 15) is 4.39 Å². The Morgan fingerprint density at radius 1 is 1.23 bits per heavy atom. The molecule has 1 aromatic carbocycles. The van der Waals surface area contributed by atoms with E-state index in [-0.39, 0.29) is 5.82 Å². The Kier molecular flexibility index (Phi) is 6.06. The molecule has 1 aliphatic heterocycles. The number of nitrogens with zero attached hydrogens (tertiary/aromatic N) is 6. The number of benzene rings is 1. The second-order valence-electron chi connectivity index (χ2n) is 7.88. The highest BCUT2D eigenvalue weighted by Crippen LogP contribution is 2.26. The lowest BCUT2D eigenvalue weighted by molar-refractivity contribution is 0.394. The fourth-order valence-electron chi connectivity index (χ4n) is 3.58. The molecule has 4 rings (SSSR count). The highest BCUT2D eigenvalue weighted by molar-refractivity contribution is 9.10. The Morgan fingerprint density at radius 2 is 1.94 bits per heavy atom. The van der Waals surface area contributed by atoms with Gasteiger partial charge in [-0.15, -0.1) is 0 Å². The van der Waals surface area contributed by atoms with Crippen LogP contribution in [0.5, 0.6) is 0 Å². The van der Waals surface area contributed by atoms with E-state index >= 15 is 0 Å². The van der Waals surface area contributed by atoms with Gasteiger partial charge in [0.15, 0.2) is 5.82 Å². The van der Waals surface area contributed by atoms with E-state index in [1.54, 1.807) is 24.7 Å². The Morgan fingerprint density at radius 3 is 2.65 bits per heavy atom. The molecule has 1 aliphatic rings. The number of halogens is 2. The smallest absolute Gasteiger partial charge is 0.156 e. The summed E-state index contributed by atoms with van der Waals surface area (Å²) in [7, 11) is 0. The van der Waals surface area contributed by atoms with Crippen LogP contribution in [-0.4, -0.2) is 52.0 Å². The fraction of sp³-hybridized carbons (Fsp3) is 0.318. The summed E-state index contributed by atoms with van der Waals surface area (Å²) < 4.78 is 16.0. The lowest BCUT2D eigenvalue weighted by Gasteiger charge is -2.34. The first-order valence-electron chi connectivity index (χ1n) is 10.1. The van der Waals surface area contributed by atoms with Gasteiger partial charge in [-0.05, 0) is 59.1 Å². The lowest BCUT2D eigenvalue weighted by Crippen LogP contribution is -2.46. The summed E-state index contributed by atoms with van der Waals surface area (Å²) in [4.78, 5) is 13.4. The zero-order valence-corrected chi connectivity index (χ0v) is 19.1. The number of anilines is 1. The highest BCUT2D eigenvalue weighted by atomic mass is 79.9. The SMILES string of the molecule is C/C(=C\N=CN1CCN(c2ncnn3cc(Br)cc23)CC1)[C@@](C)(N)c1ccc(F)cc1. The maximum Gasteiger partial charge on any atom is 0.156 e. The molecule has 3 aromatic rings. The van der Waals surface area contributed by atoms with Gasteiger partial charge in [0.25, 0.3) is 0 Å². The van der Waals surface area contributed by atoms with Gasteiger partial charge in [-0.25, -0.2) is 18.9 Å². The van der Waals surface area contributed by atoms with Crippen molar-refractivity contribution in [2.75, 3.05) is 31.1 Å². The van der Waals surface area contributed by atoms with E-state index in [4.69, 9.17) is 5.73 Å². The second-order valence-corrected chi connectivity index (χ2v) is 8.80. The number of aromatic nitrogens is 3. The van der Waals surface area contributed by atoms with E-state index < -0.39 is 5.54 Å². The van der Waals surface area contributed by atoms with Crippen LogP contribution in [0.1, 0.15) is 19.4 Å². The molecular formula is C22H25BrFN7. The van der Waals surface area contributed by atoms with Crippen molar-refractivity contribution in [3.05, 3.63) is 70.5 Å². The first-order valence-corrected chi connectivity index (χ1v) is 10.9. The maximum atomic E-state index is 13.2. The molecular weight excluding hydrogens is 461 g/mol. The lowest BCUT2D eigenvalue weighted by atomic mass is 9.87. The summed E-state index contributed by atoms with van der Waals surface area (Å²) in [6.45, 7) is 7.21. The fourth-order valence-corrected chi connectivity index (χ4v) is 3.99. The van der Waals surface area contributed by atoms with Crippen molar-refractivity contribution in [2.45, 2.75) is 19.4 Å². The average molecular weight is 486 g/mol. The molecule has 0 spiro atoms. The van der Waals surface area contributed by atoms with Crippen molar-refractivity contribution >= 4 is 33.6 Å². The number of hydrogen-bond donors (Lipinski definition) is 1.